The van der Waals surface area contributed by atoms with Crippen molar-refractivity contribution < 1.29 is 19.8 Å². The molecule has 0 fully saturated rings. The normalized spacial score (nSPS) is 18.6. The molecule has 0 spiro atoms. The molecule has 2 rings (SSSR count). The van der Waals surface area contributed by atoms with E-state index in [4.69, 9.17) is 10.2 Å². The standard InChI is InChI=1S/C12H14N2O4/c15-6-10(12(17)18)14-11(16)9-5-7-3-1-2-4-8(7)13-9/h1-4,9-10,13,15H,5-6H2,(H,14,16)(H,17,18). The lowest BCUT2D eigenvalue weighted by molar-refractivity contribution is -0.143. The highest BCUT2D eigenvalue weighted by molar-refractivity contribution is 5.90. The highest BCUT2D eigenvalue weighted by Crippen LogP contribution is 2.25. The Balaban J connectivity index is 1.99. The number of fused-ring (bicyclic) bond motifs is 1. The third-order valence-electron chi connectivity index (χ3n) is 2.88. The van der Waals surface area contributed by atoms with Gasteiger partial charge >= 0.3 is 5.97 Å². The van der Waals surface area contributed by atoms with Crippen LogP contribution in [0.25, 0.3) is 0 Å². The lowest BCUT2D eigenvalue weighted by atomic mass is 10.1. The Kier molecular flexibility index (Phi) is 3.47. The van der Waals surface area contributed by atoms with Gasteiger partial charge in [-0.05, 0) is 11.6 Å². The number of carboxylic acids is 1. The molecule has 6 nitrogen and oxygen atoms in total. The summed E-state index contributed by atoms with van der Waals surface area (Å²) in [4.78, 5) is 22.5. The van der Waals surface area contributed by atoms with Gasteiger partial charge in [-0.1, -0.05) is 18.2 Å². The summed E-state index contributed by atoms with van der Waals surface area (Å²) in [5.41, 5.74) is 1.90. The molecule has 0 saturated carbocycles. The van der Waals surface area contributed by atoms with Crippen LogP contribution in [0.15, 0.2) is 24.3 Å². The highest BCUT2D eigenvalue weighted by Gasteiger charge is 2.29. The van der Waals surface area contributed by atoms with Crippen molar-refractivity contribution in [2.24, 2.45) is 0 Å². The summed E-state index contributed by atoms with van der Waals surface area (Å²) in [6.45, 7) is -0.624. The van der Waals surface area contributed by atoms with Gasteiger partial charge in [-0.3, -0.25) is 4.79 Å². The van der Waals surface area contributed by atoms with Gasteiger partial charge in [-0.25, -0.2) is 4.79 Å². The van der Waals surface area contributed by atoms with Crippen LogP contribution in [0.4, 0.5) is 5.69 Å². The zero-order chi connectivity index (χ0) is 13.1. The molecular weight excluding hydrogens is 236 g/mol. The van der Waals surface area contributed by atoms with Crippen LogP contribution < -0.4 is 10.6 Å². The van der Waals surface area contributed by atoms with Crippen molar-refractivity contribution >= 4 is 17.6 Å². The molecule has 1 aliphatic heterocycles. The topological polar surface area (TPSA) is 98.7 Å². The fraction of sp³-hybridized carbons (Fsp3) is 0.333. The van der Waals surface area contributed by atoms with Crippen LogP contribution in [0.1, 0.15) is 5.56 Å². The molecule has 0 radical (unpaired) electrons. The zero-order valence-electron chi connectivity index (χ0n) is 9.59. The van der Waals surface area contributed by atoms with E-state index in [2.05, 4.69) is 10.6 Å². The van der Waals surface area contributed by atoms with E-state index in [9.17, 15) is 9.59 Å². The van der Waals surface area contributed by atoms with Crippen LogP contribution in [0.2, 0.25) is 0 Å². The van der Waals surface area contributed by atoms with Crippen molar-refractivity contribution in [2.45, 2.75) is 18.5 Å². The second-order valence-electron chi connectivity index (χ2n) is 4.14. The number of anilines is 1. The Morgan fingerprint density at radius 3 is 2.78 bits per heavy atom. The van der Waals surface area contributed by atoms with E-state index in [1.54, 1.807) is 0 Å². The number of nitrogens with one attached hydrogen (secondary N) is 2. The maximum atomic E-state index is 11.8. The molecule has 6 heteroatoms. The molecule has 0 saturated heterocycles. The van der Waals surface area contributed by atoms with Gasteiger partial charge in [0.2, 0.25) is 5.91 Å². The number of aliphatic hydroxyl groups excluding tert-OH is 1. The monoisotopic (exact) mass is 250 g/mol. The van der Waals surface area contributed by atoms with Crippen LogP contribution in [-0.4, -0.2) is 40.8 Å². The number of aliphatic hydroxyl groups is 1. The number of amides is 1. The summed E-state index contributed by atoms with van der Waals surface area (Å²) in [7, 11) is 0. The summed E-state index contributed by atoms with van der Waals surface area (Å²) >= 11 is 0. The number of benzene rings is 1. The van der Waals surface area contributed by atoms with Crippen molar-refractivity contribution in [3.63, 3.8) is 0 Å². The van der Waals surface area contributed by atoms with Gasteiger partial charge in [-0.15, -0.1) is 0 Å². The summed E-state index contributed by atoms with van der Waals surface area (Å²) in [5.74, 6) is -1.67. The smallest absolute Gasteiger partial charge is 0.328 e. The van der Waals surface area contributed by atoms with Gasteiger partial charge in [0.15, 0.2) is 0 Å². The van der Waals surface area contributed by atoms with Gasteiger partial charge in [0.05, 0.1) is 6.61 Å². The highest BCUT2D eigenvalue weighted by atomic mass is 16.4. The largest absolute Gasteiger partial charge is 0.480 e. The van der Waals surface area contributed by atoms with Crippen LogP contribution in [0.3, 0.4) is 0 Å². The summed E-state index contributed by atoms with van der Waals surface area (Å²) in [6, 6.07) is 5.77. The number of hydrogen-bond acceptors (Lipinski definition) is 4. The van der Waals surface area contributed by atoms with Crippen molar-refractivity contribution in [1.82, 2.24) is 5.32 Å². The molecule has 18 heavy (non-hydrogen) atoms. The minimum absolute atomic E-state index is 0.423. The van der Waals surface area contributed by atoms with Gasteiger partial charge in [-0.2, -0.15) is 0 Å². The number of hydrogen-bond donors (Lipinski definition) is 4. The minimum atomic E-state index is -1.26. The predicted molar refractivity (Wildman–Crippen MR) is 64.2 cm³/mol. The zero-order valence-corrected chi connectivity index (χ0v) is 9.59. The molecular formula is C12H14N2O4. The average Bonchev–Trinajstić information content (AvgIpc) is 2.79. The lowest BCUT2D eigenvalue weighted by Gasteiger charge is -2.15. The summed E-state index contributed by atoms with van der Waals surface area (Å²) in [6.07, 6.45) is 0.514. The Bertz CT molecular complexity index is 450. The van der Waals surface area contributed by atoms with Gasteiger partial charge in [0.1, 0.15) is 12.1 Å². The van der Waals surface area contributed by atoms with Crippen molar-refractivity contribution in [3.8, 4) is 0 Å². The van der Waals surface area contributed by atoms with Crippen LogP contribution in [-0.2, 0) is 16.0 Å². The Morgan fingerprint density at radius 2 is 2.17 bits per heavy atom. The van der Waals surface area contributed by atoms with E-state index < -0.39 is 30.6 Å². The number of aliphatic carboxylic acids is 1. The first-order valence-corrected chi connectivity index (χ1v) is 5.60. The van der Waals surface area contributed by atoms with E-state index in [1.807, 2.05) is 24.3 Å². The third-order valence-corrected chi connectivity index (χ3v) is 2.88. The third kappa shape index (κ3) is 2.43. The first kappa shape index (κ1) is 12.4. The SMILES string of the molecule is O=C(O)C(CO)NC(=O)C1Cc2ccccc2N1. The number of para-hydroxylation sites is 1. The summed E-state index contributed by atoms with van der Waals surface area (Å²) in [5, 5.41) is 22.9. The van der Waals surface area contributed by atoms with Crippen LogP contribution in [0, 0.1) is 0 Å². The lowest BCUT2D eigenvalue weighted by Crippen LogP contribution is -2.49. The maximum Gasteiger partial charge on any atom is 0.328 e. The van der Waals surface area contributed by atoms with Gasteiger partial charge < -0.3 is 20.8 Å². The fourth-order valence-corrected chi connectivity index (χ4v) is 1.91. The molecule has 2 atom stereocenters. The molecule has 1 aliphatic rings. The molecule has 0 bridgehead atoms. The Morgan fingerprint density at radius 1 is 1.44 bits per heavy atom. The first-order valence-electron chi connectivity index (χ1n) is 5.60. The molecule has 1 aromatic carbocycles. The van der Waals surface area contributed by atoms with Crippen molar-refractivity contribution in [1.29, 1.82) is 0 Å². The number of carbonyl (C=O) groups excluding carboxylic acids is 1. The predicted octanol–water partition coefficient (Wildman–Crippen LogP) is -0.415. The molecule has 1 aromatic rings. The van der Waals surface area contributed by atoms with Crippen LogP contribution in [0.5, 0.6) is 0 Å². The van der Waals surface area contributed by atoms with Gasteiger partial charge in [0.25, 0.3) is 0 Å². The van der Waals surface area contributed by atoms with E-state index in [1.165, 1.54) is 0 Å². The molecule has 2 unspecified atom stereocenters. The fourth-order valence-electron chi connectivity index (χ4n) is 1.91. The van der Waals surface area contributed by atoms with Gasteiger partial charge in [0, 0.05) is 12.1 Å². The Labute approximate surface area is 104 Å². The number of carbonyl (C=O) groups is 2. The molecule has 96 valence electrons. The second kappa shape index (κ2) is 5.05. The molecule has 1 amide bonds. The molecule has 4 N–H and O–H groups in total. The van der Waals surface area contributed by atoms with E-state index in [0.717, 1.165) is 11.3 Å². The summed E-state index contributed by atoms with van der Waals surface area (Å²) < 4.78 is 0. The molecule has 0 aromatic heterocycles. The Hall–Kier alpha value is -2.08. The first-order chi connectivity index (χ1) is 8.61. The van der Waals surface area contributed by atoms with E-state index in [-0.39, 0.29) is 0 Å². The maximum absolute atomic E-state index is 11.8. The molecule has 1 heterocycles. The average molecular weight is 250 g/mol. The van der Waals surface area contributed by atoms with E-state index >= 15 is 0 Å². The second-order valence-corrected chi connectivity index (χ2v) is 4.14. The number of carboxylic acid groups (broad SMARTS) is 1. The van der Waals surface area contributed by atoms with Crippen LogP contribution >= 0.6 is 0 Å². The molecule has 0 aliphatic carbocycles. The minimum Gasteiger partial charge on any atom is -0.480 e. The van der Waals surface area contributed by atoms with Crippen molar-refractivity contribution in [3.05, 3.63) is 29.8 Å². The number of rotatable bonds is 4. The quantitative estimate of drug-likeness (QED) is 0.582. The van der Waals surface area contributed by atoms with E-state index in [0.29, 0.717) is 6.42 Å². The van der Waals surface area contributed by atoms with Crippen molar-refractivity contribution in [2.75, 3.05) is 11.9 Å².